The van der Waals surface area contributed by atoms with Gasteiger partial charge >= 0.3 is 0 Å². The Bertz CT molecular complexity index is 305. The number of hydrogen-bond acceptors (Lipinski definition) is 3. The summed E-state index contributed by atoms with van der Waals surface area (Å²) >= 11 is 5.53. The molecule has 0 amide bonds. The molecule has 0 saturated heterocycles. The van der Waals surface area contributed by atoms with Crippen molar-refractivity contribution in [1.29, 1.82) is 0 Å². The van der Waals surface area contributed by atoms with Gasteiger partial charge in [0.1, 0.15) is 0 Å². The van der Waals surface area contributed by atoms with Crippen molar-refractivity contribution in [3.63, 3.8) is 0 Å². The van der Waals surface area contributed by atoms with Crippen molar-refractivity contribution in [3.05, 3.63) is 0 Å². The summed E-state index contributed by atoms with van der Waals surface area (Å²) in [6, 6.07) is 0.243. The number of nitrogens with one attached hydrogen (secondary N) is 1. The molecule has 0 bridgehead atoms. The predicted molar refractivity (Wildman–Crippen MR) is 78.7 cm³/mol. The Morgan fingerprint density at radius 2 is 1.83 bits per heavy atom. The predicted octanol–water partition coefficient (Wildman–Crippen LogP) is 1.90. The number of rotatable bonds is 10. The molecule has 18 heavy (non-hydrogen) atoms. The highest BCUT2D eigenvalue weighted by Gasteiger charge is 2.17. The van der Waals surface area contributed by atoms with Gasteiger partial charge < -0.3 is 4.90 Å². The zero-order valence-electron chi connectivity index (χ0n) is 11.9. The molecule has 0 radical (unpaired) electrons. The average molecular weight is 299 g/mol. The first-order valence-corrected chi connectivity index (χ1v) is 8.67. The summed E-state index contributed by atoms with van der Waals surface area (Å²) in [5, 5.41) is 0. The van der Waals surface area contributed by atoms with Gasteiger partial charge in [-0.3, -0.25) is 0 Å². The van der Waals surface area contributed by atoms with Crippen LogP contribution in [0.1, 0.15) is 33.1 Å². The van der Waals surface area contributed by atoms with Gasteiger partial charge in [0, 0.05) is 18.5 Å². The van der Waals surface area contributed by atoms with Gasteiger partial charge in [-0.05, 0) is 39.3 Å². The summed E-state index contributed by atoms with van der Waals surface area (Å²) in [5.74, 6) is 1.24. The Balaban J connectivity index is 4.16. The lowest BCUT2D eigenvalue weighted by molar-refractivity contribution is 0.255. The summed E-state index contributed by atoms with van der Waals surface area (Å²) in [6.07, 6.45) is 2.35. The molecule has 0 aromatic heterocycles. The Kier molecular flexibility index (Phi) is 9.21. The molecule has 110 valence electrons. The van der Waals surface area contributed by atoms with E-state index in [4.69, 9.17) is 11.6 Å². The van der Waals surface area contributed by atoms with E-state index in [0.29, 0.717) is 24.8 Å². The van der Waals surface area contributed by atoms with Gasteiger partial charge in [-0.2, -0.15) is 0 Å². The number of sulfonamides is 1. The van der Waals surface area contributed by atoms with Crippen molar-refractivity contribution in [2.75, 3.05) is 32.3 Å². The molecule has 0 heterocycles. The van der Waals surface area contributed by atoms with Crippen LogP contribution in [0.3, 0.4) is 0 Å². The zero-order valence-corrected chi connectivity index (χ0v) is 13.5. The highest BCUT2D eigenvalue weighted by molar-refractivity contribution is 7.89. The van der Waals surface area contributed by atoms with Gasteiger partial charge in [0.05, 0.1) is 5.75 Å². The van der Waals surface area contributed by atoms with E-state index in [1.807, 2.05) is 14.1 Å². The lowest BCUT2D eigenvalue weighted by Gasteiger charge is -2.26. The molecule has 1 unspecified atom stereocenters. The van der Waals surface area contributed by atoms with Crippen LogP contribution in [0.5, 0.6) is 0 Å². The molecule has 0 spiro atoms. The fraction of sp³-hybridized carbons (Fsp3) is 1.00. The van der Waals surface area contributed by atoms with Gasteiger partial charge in [-0.25, -0.2) is 13.1 Å². The normalized spacial score (nSPS) is 14.4. The van der Waals surface area contributed by atoms with Crippen molar-refractivity contribution in [2.45, 2.75) is 39.2 Å². The van der Waals surface area contributed by atoms with Crippen LogP contribution in [0.4, 0.5) is 0 Å². The summed E-state index contributed by atoms with van der Waals surface area (Å²) in [6.45, 7) is 4.77. The minimum absolute atomic E-state index is 0.168. The van der Waals surface area contributed by atoms with Gasteiger partial charge in [-0.15, -0.1) is 11.6 Å². The Morgan fingerprint density at radius 1 is 1.22 bits per heavy atom. The monoisotopic (exact) mass is 298 g/mol. The second-order valence-corrected chi connectivity index (χ2v) is 7.61. The third kappa shape index (κ3) is 9.14. The first-order chi connectivity index (χ1) is 8.28. The highest BCUT2D eigenvalue weighted by Crippen LogP contribution is 2.08. The second-order valence-electron chi connectivity index (χ2n) is 5.31. The van der Waals surface area contributed by atoms with Crippen molar-refractivity contribution in [3.8, 4) is 0 Å². The number of hydrogen-bond donors (Lipinski definition) is 1. The molecule has 0 aromatic rings. The Morgan fingerprint density at radius 3 is 2.28 bits per heavy atom. The fourth-order valence-corrected chi connectivity index (χ4v) is 3.07. The molecule has 0 saturated carbocycles. The molecule has 1 N–H and O–H groups in total. The first-order valence-electron chi connectivity index (χ1n) is 6.48. The van der Waals surface area contributed by atoms with Crippen LogP contribution in [0.25, 0.3) is 0 Å². The Hall–Kier alpha value is 0.160. The van der Waals surface area contributed by atoms with Gasteiger partial charge in [-0.1, -0.05) is 13.8 Å². The van der Waals surface area contributed by atoms with E-state index in [1.165, 1.54) is 0 Å². The molecular weight excluding hydrogens is 272 g/mol. The Labute approximate surface area is 117 Å². The lowest BCUT2D eigenvalue weighted by Crippen LogP contribution is -2.41. The molecular formula is C12H27ClN2O2S. The van der Waals surface area contributed by atoms with Crippen LogP contribution in [0.2, 0.25) is 0 Å². The van der Waals surface area contributed by atoms with Crippen molar-refractivity contribution in [2.24, 2.45) is 5.92 Å². The molecule has 4 nitrogen and oxygen atoms in total. The van der Waals surface area contributed by atoms with E-state index in [9.17, 15) is 8.42 Å². The van der Waals surface area contributed by atoms with Crippen molar-refractivity contribution < 1.29 is 8.42 Å². The van der Waals surface area contributed by atoms with Crippen molar-refractivity contribution >= 4 is 21.6 Å². The molecule has 0 aliphatic carbocycles. The molecule has 0 rings (SSSR count). The van der Waals surface area contributed by atoms with Crippen LogP contribution in [-0.4, -0.2) is 51.6 Å². The first kappa shape index (κ1) is 18.2. The summed E-state index contributed by atoms with van der Waals surface area (Å²) < 4.78 is 26.2. The minimum atomic E-state index is -3.15. The fourth-order valence-electron chi connectivity index (χ4n) is 1.70. The van der Waals surface area contributed by atoms with E-state index in [1.54, 1.807) is 0 Å². The third-order valence-electron chi connectivity index (χ3n) is 2.81. The molecule has 0 fully saturated rings. The standard InChI is InChI=1S/C12H27ClN2O2S/c1-11(2)9-12(15(3)4)10-14-18(16,17)8-6-5-7-13/h11-12,14H,5-10H2,1-4H3. The average Bonchev–Trinajstić information content (AvgIpc) is 2.23. The molecule has 6 heteroatoms. The SMILES string of the molecule is CC(C)CC(CNS(=O)(=O)CCCCCl)N(C)C. The number of unbranched alkanes of at least 4 members (excludes halogenated alkanes) is 1. The lowest BCUT2D eigenvalue weighted by atomic mass is 10.0. The number of nitrogens with zero attached hydrogens (tertiary/aromatic N) is 1. The number of likely N-dealkylation sites (N-methyl/N-ethyl adjacent to an activating group) is 1. The molecule has 0 aliphatic heterocycles. The molecule has 1 atom stereocenters. The van der Waals surface area contributed by atoms with Crippen LogP contribution < -0.4 is 4.72 Å². The van der Waals surface area contributed by atoms with E-state index >= 15 is 0 Å². The number of alkyl halides is 1. The largest absolute Gasteiger partial charge is 0.305 e. The quantitative estimate of drug-likeness (QED) is 0.495. The van der Waals surface area contributed by atoms with Crippen LogP contribution in [0.15, 0.2) is 0 Å². The van der Waals surface area contributed by atoms with Gasteiger partial charge in [0.15, 0.2) is 0 Å². The van der Waals surface area contributed by atoms with Crippen LogP contribution in [0, 0.1) is 5.92 Å². The van der Waals surface area contributed by atoms with E-state index in [2.05, 4.69) is 23.5 Å². The van der Waals surface area contributed by atoms with Crippen LogP contribution in [-0.2, 0) is 10.0 Å². The third-order valence-corrected chi connectivity index (χ3v) is 4.51. The van der Waals surface area contributed by atoms with Crippen LogP contribution >= 0.6 is 11.6 Å². The summed E-state index contributed by atoms with van der Waals surface area (Å²) in [7, 11) is 0.808. The summed E-state index contributed by atoms with van der Waals surface area (Å²) in [5.41, 5.74) is 0. The highest BCUT2D eigenvalue weighted by atomic mass is 35.5. The van der Waals surface area contributed by atoms with E-state index < -0.39 is 10.0 Å². The smallest absolute Gasteiger partial charge is 0.211 e. The second kappa shape index (κ2) is 9.13. The van der Waals surface area contributed by atoms with Gasteiger partial charge in [0.2, 0.25) is 10.0 Å². The maximum atomic E-state index is 11.7. The van der Waals surface area contributed by atoms with Crippen molar-refractivity contribution in [1.82, 2.24) is 9.62 Å². The summed E-state index contributed by atoms with van der Waals surface area (Å²) in [4.78, 5) is 2.07. The molecule has 0 aliphatic rings. The zero-order chi connectivity index (χ0) is 14.2. The molecule has 0 aromatic carbocycles. The minimum Gasteiger partial charge on any atom is -0.305 e. The number of halogens is 1. The van der Waals surface area contributed by atoms with E-state index in [-0.39, 0.29) is 11.8 Å². The van der Waals surface area contributed by atoms with Gasteiger partial charge in [0.25, 0.3) is 0 Å². The maximum absolute atomic E-state index is 11.7. The topological polar surface area (TPSA) is 49.4 Å². The maximum Gasteiger partial charge on any atom is 0.211 e. The van der Waals surface area contributed by atoms with E-state index in [0.717, 1.165) is 12.8 Å².